The Balaban J connectivity index is 0. The molecule has 0 aromatic rings. The van der Waals surface area contributed by atoms with Crippen LogP contribution in [0.1, 0.15) is 39.5 Å². The van der Waals surface area contributed by atoms with Crippen molar-refractivity contribution in [1.29, 1.82) is 0 Å². The molecule has 0 fully saturated rings. The van der Waals surface area contributed by atoms with Crippen molar-refractivity contribution in [2.45, 2.75) is 39.5 Å². The molecule has 0 heterocycles. The molecular formula is C8H21AlO2P+. The van der Waals surface area contributed by atoms with Crippen molar-refractivity contribution in [2.75, 3.05) is 12.8 Å². The SMILES string of the molecule is CCCCO[P+](=O)CCCC.[AlH3]. The highest BCUT2D eigenvalue weighted by Gasteiger charge is 2.14. The van der Waals surface area contributed by atoms with Gasteiger partial charge < -0.3 is 0 Å². The second-order valence-corrected chi connectivity index (χ2v) is 3.97. The molecule has 4 heteroatoms. The Kier molecular flexibility index (Phi) is 14.6. The zero-order chi connectivity index (χ0) is 8.53. The van der Waals surface area contributed by atoms with Crippen LogP contribution in [0.4, 0.5) is 0 Å². The van der Waals surface area contributed by atoms with Crippen LogP contribution in [0.15, 0.2) is 0 Å². The molecule has 0 aliphatic rings. The molecular weight excluding hydrogens is 186 g/mol. The summed E-state index contributed by atoms with van der Waals surface area (Å²) in [7, 11) is -1.35. The van der Waals surface area contributed by atoms with Crippen molar-refractivity contribution in [3.63, 3.8) is 0 Å². The summed E-state index contributed by atoms with van der Waals surface area (Å²) in [6.07, 6.45) is 4.97. The van der Waals surface area contributed by atoms with Crippen molar-refractivity contribution < 1.29 is 9.09 Å². The summed E-state index contributed by atoms with van der Waals surface area (Å²) >= 11 is 0. The normalized spacial score (nSPS) is 10.7. The number of hydrogen-bond donors (Lipinski definition) is 0. The van der Waals surface area contributed by atoms with E-state index in [1.165, 1.54) is 0 Å². The van der Waals surface area contributed by atoms with E-state index in [2.05, 4.69) is 13.8 Å². The maximum atomic E-state index is 11.0. The van der Waals surface area contributed by atoms with Gasteiger partial charge in [0, 0.05) is 0 Å². The Hall–Kier alpha value is 0.592. The Morgan fingerprint density at radius 3 is 2.25 bits per heavy atom. The highest BCUT2D eigenvalue weighted by atomic mass is 31.1. The average Bonchev–Trinajstić information content (AvgIpc) is 2.01. The third kappa shape index (κ3) is 10.6. The van der Waals surface area contributed by atoms with Crippen LogP contribution in [0.5, 0.6) is 0 Å². The van der Waals surface area contributed by atoms with E-state index in [-0.39, 0.29) is 17.4 Å². The summed E-state index contributed by atoms with van der Waals surface area (Å²) in [6.45, 7) is 4.85. The fourth-order valence-corrected chi connectivity index (χ4v) is 1.70. The monoisotopic (exact) mass is 207 g/mol. The number of unbranched alkanes of at least 4 members (excludes halogenated alkanes) is 2. The van der Waals surface area contributed by atoms with Crippen LogP contribution in [0.2, 0.25) is 0 Å². The van der Waals surface area contributed by atoms with Crippen molar-refractivity contribution in [3.8, 4) is 0 Å². The molecule has 0 amide bonds. The molecule has 0 saturated carbocycles. The molecule has 72 valence electrons. The summed E-state index contributed by atoms with van der Waals surface area (Å²) in [5, 5.41) is 0. The van der Waals surface area contributed by atoms with Crippen molar-refractivity contribution in [1.82, 2.24) is 0 Å². The lowest BCUT2D eigenvalue weighted by molar-refractivity contribution is 0.320. The number of hydrogen-bond acceptors (Lipinski definition) is 2. The molecule has 0 radical (unpaired) electrons. The van der Waals surface area contributed by atoms with Gasteiger partial charge in [0.05, 0.1) is 0 Å². The van der Waals surface area contributed by atoms with E-state index in [1.807, 2.05) is 0 Å². The standard InChI is InChI=1S/C8H18O2P.Al.3H/c1-3-5-7-10-11(9)8-6-4-2;;;;/h3-8H2,1-2H3;;;;/q+1;;;;. The van der Waals surface area contributed by atoms with E-state index in [1.54, 1.807) is 0 Å². The van der Waals surface area contributed by atoms with Gasteiger partial charge in [0.25, 0.3) is 0 Å². The molecule has 0 aromatic carbocycles. The molecule has 12 heavy (non-hydrogen) atoms. The van der Waals surface area contributed by atoms with Gasteiger partial charge in [-0.05, 0) is 17.4 Å². The first-order valence-corrected chi connectivity index (χ1v) is 5.75. The van der Waals surface area contributed by atoms with Crippen LogP contribution < -0.4 is 0 Å². The van der Waals surface area contributed by atoms with Gasteiger partial charge in [-0.3, -0.25) is 0 Å². The summed E-state index contributed by atoms with van der Waals surface area (Å²) < 4.78 is 16.1. The van der Waals surface area contributed by atoms with E-state index < -0.39 is 8.03 Å². The summed E-state index contributed by atoms with van der Waals surface area (Å²) in [5.41, 5.74) is 0. The van der Waals surface area contributed by atoms with Gasteiger partial charge in [-0.1, -0.05) is 26.7 Å². The largest absolute Gasteiger partial charge is 0.508 e. The Labute approximate surface area is 87.1 Å². The Bertz CT molecular complexity index is 109. The van der Waals surface area contributed by atoms with Gasteiger partial charge in [0.1, 0.15) is 6.61 Å². The zero-order valence-corrected chi connectivity index (χ0v) is 8.40. The maximum absolute atomic E-state index is 11.0. The molecule has 0 N–H and O–H groups in total. The molecule has 2 nitrogen and oxygen atoms in total. The highest BCUT2D eigenvalue weighted by Crippen LogP contribution is 2.23. The fraction of sp³-hybridized carbons (Fsp3) is 1.00. The van der Waals surface area contributed by atoms with Crippen LogP contribution in [0.25, 0.3) is 0 Å². The topological polar surface area (TPSA) is 26.3 Å². The van der Waals surface area contributed by atoms with Crippen LogP contribution in [0, 0.1) is 0 Å². The van der Waals surface area contributed by atoms with E-state index in [0.29, 0.717) is 6.61 Å². The van der Waals surface area contributed by atoms with Gasteiger partial charge >= 0.3 is 8.03 Å². The van der Waals surface area contributed by atoms with Crippen LogP contribution in [-0.4, -0.2) is 30.1 Å². The minimum absolute atomic E-state index is 0. The minimum atomic E-state index is -1.35. The predicted octanol–water partition coefficient (Wildman–Crippen LogP) is 2.16. The van der Waals surface area contributed by atoms with Gasteiger partial charge in [0.15, 0.2) is 23.5 Å². The molecule has 0 aromatic heterocycles. The molecule has 0 aliphatic heterocycles. The van der Waals surface area contributed by atoms with Crippen molar-refractivity contribution in [2.24, 2.45) is 0 Å². The second-order valence-electron chi connectivity index (χ2n) is 2.60. The minimum Gasteiger partial charge on any atom is -0.146 e. The molecule has 0 saturated heterocycles. The molecule has 0 bridgehead atoms. The van der Waals surface area contributed by atoms with Gasteiger partial charge in [-0.25, -0.2) is 0 Å². The van der Waals surface area contributed by atoms with Crippen LogP contribution in [-0.2, 0) is 9.09 Å². The van der Waals surface area contributed by atoms with E-state index in [4.69, 9.17) is 4.52 Å². The lowest BCUT2D eigenvalue weighted by Gasteiger charge is -1.88. The lowest BCUT2D eigenvalue weighted by Crippen LogP contribution is -1.87. The third-order valence-corrected chi connectivity index (χ3v) is 2.58. The summed E-state index contributed by atoms with van der Waals surface area (Å²) in [4.78, 5) is 0. The molecule has 1 atom stereocenters. The first-order chi connectivity index (χ1) is 5.31. The quantitative estimate of drug-likeness (QED) is 0.363. The zero-order valence-electron chi connectivity index (χ0n) is 7.51. The van der Waals surface area contributed by atoms with Crippen LogP contribution in [0.3, 0.4) is 0 Å². The van der Waals surface area contributed by atoms with E-state index >= 15 is 0 Å². The Morgan fingerprint density at radius 1 is 1.17 bits per heavy atom. The summed E-state index contributed by atoms with van der Waals surface area (Å²) in [6, 6.07) is 0. The fourth-order valence-electron chi connectivity index (χ4n) is 0.662. The van der Waals surface area contributed by atoms with Crippen LogP contribution >= 0.6 is 8.03 Å². The summed E-state index contributed by atoms with van der Waals surface area (Å²) in [5.74, 6) is 0. The predicted molar refractivity (Wildman–Crippen MR) is 58.2 cm³/mol. The van der Waals surface area contributed by atoms with Gasteiger partial charge in [-0.2, -0.15) is 0 Å². The first-order valence-electron chi connectivity index (χ1n) is 4.38. The third-order valence-electron chi connectivity index (χ3n) is 1.43. The molecule has 1 unspecified atom stereocenters. The maximum Gasteiger partial charge on any atom is 0.508 e. The first kappa shape index (κ1) is 15.1. The van der Waals surface area contributed by atoms with E-state index in [9.17, 15) is 4.57 Å². The second kappa shape index (κ2) is 11.6. The highest BCUT2D eigenvalue weighted by molar-refractivity contribution is 7.39. The Morgan fingerprint density at radius 2 is 1.75 bits per heavy atom. The lowest BCUT2D eigenvalue weighted by atomic mass is 10.4. The molecule has 0 aliphatic carbocycles. The van der Waals surface area contributed by atoms with Gasteiger partial charge in [-0.15, -0.1) is 4.52 Å². The average molecular weight is 207 g/mol. The smallest absolute Gasteiger partial charge is 0.146 e. The molecule has 0 rings (SSSR count). The number of rotatable bonds is 7. The van der Waals surface area contributed by atoms with E-state index in [0.717, 1.165) is 31.8 Å². The van der Waals surface area contributed by atoms with Gasteiger partial charge in [0.2, 0.25) is 0 Å². The molecule has 0 spiro atoms. The van der Waals surface area contributed by atoms with Crippen molar-refractivity contribution in [3.05, 3.63) is 0 Å². The van der Waals surface area contributed by atoms with Crippen molar-refractivity contribution >= 4 is 25.4 Å².